The number of nitrogens with one attached hydrogen (secondary N) is 1. The monoisotopic (exact) mass is 337 g/mol. The van der Waals surface area contributed by atoms with Crippen LogP contribution in [0, 0.1) is 5.92 Å². The van der Waals surface area contributed by atoms with Crippen molar-refractivity contribution in [3.63, 3.8) is 0 Å². The van der Waals surface area contributed by atoms with Crippen molar-refractivity contribution in [2.45, 2.75) is 31.2 Å². The van der Waals surface area contributed by atoms with Gasteiger partial charge in [0, 0.05) is 38.3 Å². The third kappa shape index (κ3) is 3.13. The smallest absolute Gasteiger partial charge is 0.240 e. The van der Waals surface area contributed by atoms with Gasteiger partial charge in [0.2, 0.25) is 15.9 Å². The van der Waals surface area contributed by atoms with Gasteiger partial charge in [-0.25, -0.2) is 13.1 Å². The van der Waals surface area contributed by atoms with E-state index in [1.54, 1.807) is 23.1 Å². The number of fused-ring (bicyclic) bond motifs is 1. The Morgan fingerprint density at radius 1 is 1.30 bits per heavy atom. The SMILES string of the molecule is CC(=O)N1CCc2cc(S(=O)(=O)N[C@@H]3CN(C)C[C@@H]3C)ccc21. The van der Waals surface area contributed by atoms with Gasteiger partial charge in [0.05, 0.1) is 4.90 Å². The van der Waals surface area contributed by atoms with Gasteiger partial charge in [0.15, 0.2) is 0 Å². The zero-order valence-electron chi connectivity index (χ0n) is 13.7. The van der Waals surface area contributed by atoms with Crippen molar-refractivity contribution in [1.82, 2.24) is 9.62 Å². The van der Waals surface area contributed by atoms with E-state index in [9.17, 15) is 13.2 Å². The minimum Gasteiger partial charge on any atom is -0.312 e. The molecule has 7 heteroatoms. The molecule has 23 heavy (non-hydrogen) atoms. The van der Waals surface area contributed by atoms with E-state index in [-0.39, 0.29) is 22.8 Å². The molecule has 0 aliphatic carbocycles. The first kappa shape index (κ1) is 16.4. The van der Waals surface area contributed by atoms with Crippen molar-refractivity contribution in [1.29, 1.82) is 0 Å². The number of likely N-dealkylation sites (tertiary alicyclic amines) is 1. The second kappa shape index (κ2) is 5.89. The first-order chi connectivity index (χ1) is 10.8. The van der Waals surface area contributed by atoms with Gasteiger partial charge in [0.1, 0.15) is 0 Å². The van der Waals surface area contributed by atoms with Gasteiger partial charge >= 0.3 is 0 Å². The number of hydrogen-bond donors (Lipinski definition) is 1. The summed E-state index contributed by atoms with van der Waals surface area (Å²) in [7, 11) is -1.54. The van der Waals surface area contributed by atoms with Crippen LogP contribution in [0.3, 0.4) is 0 Å². The number of benzene rings is 1. The summed E-state index contributed by atoms with van der Waals surface area (Å²) in [4.78, 5) is 15.7. The zero-order chi connectivity index (χ0) is 16.8. The van der Waals surface area contributed by atoms with Crippen molar-refractivity contribution in [3.8, 4) is 0 Å². The fraction of sp³-hybridized carbons (Fsp3) is 0.562. The predicted molar refractivity (Wildman–Crippen MR) is 88.9 cm³/mol. The summed E-state index contributed by atoms with van der Waals surface area (Å²) in [6.07, 6.45) is 0.695. The van der Waals surface area contributed by atoms with E-state index in [1.807, 2.05) is 7.05 Å². The van der Waals surface area contributed by atoms with Crippen LogP contribution in [0.2, 0.25) is 0 Å². The average molecular weight is 337 g/mol. The quantitative estimate of drug-likeness (QED) is 0.887. The van der Waals surface area contributed by atoms with Gasteiger partial charge in [0.25, 0.3) is 0 Å². The van der Waals surface area contributed by atoms with Gasteiger partial charge in [-0.05, 0) is 43.1 Å². The Hall–Kier alpha value is -1.44. The highest BCUT2D eigenvalue weighted by molar-refractivity contribution is 7.89. The number of carbonyl (C=O) groups is 1. The van der Waals surface area contributed by atoms with Crippen LogP contribution < -0.4 is 9.62 Å². The minimum atomic E-state index is -3.54. The maximum atomic E-state index is 12.6. The highest BCUT2D eigenvalue weighted by Gasteiger charge is 2.32. The number of carbonyl (C=O) groups excluding carboxylic acids is 1. The maximum Gasteiger partial charge on any atom is 0.240 e. The second-order valence-corrected chi connectivity index (χ2v) is 8.35. The number of nitrogens with zero attached hydrogens (tertiary/aromatic N) is 2. The number of rotatable bonds is 3. The van der Waals surface area contributed by atoms with Crippen molar-refractivity contribution in [2.24, 2.45) is 5.92 Å². The molecule has 2 heterocycles. The molecule has 0 spiro atoms. The zero-order valence-corrected chi connectivity index (χ0v) is 14.6. The van der Waals surface area contributed by atoms with Crippen molar-refractivity contribution >= 4 is 21.6 Å². The fourth-order valence-electron chi connectivity index (χ4n) is 3.50. The van der Waals surface area contributed by atoms with Crippen LogP contribution in [0.4, 0.5) is 5.69 Å². The van der Waals surface area contributed by atoms with E-state index in [0.717, 1.165) is 24.3 Å². The highest BCUT2D eigenvalue weighted by Crippen LogP contribution is 2.30. The summed E-state index contributed by atoms with van der Waals surface area (Å²) in [5.41, 5.74) is 1.74. The summed E-state index contributed by atoms with van der Waals surface area (Å²) >= 11 is 0. The molecule has 2 aliphatic rings. The first-order valence-corrected chi connectivity index (χ1v) is 9.38. The molecule has 0 bridgehead atoms. The molecule has 1 aromatic carbocycles. The van der Waals surface area contributed by atoms with E-state index in [1.165, 1.54) is 6.92 Å². The summed E-state index contributed by atoms with van der Waals surface area (Å²) in [5, 5.41) is 0. The molecule has 1 saturated heterocycles. The Morgan fingerprint density at radius 3 is 2.65 bits per heavy atom. The number of anilines is 1. The van der Waals surface area contributed by atoms with Gasteiger partial charge in [-0.15, -0.1) is 0 Å². The Bertz CT molecular complexity index is 732. The van der Waals surface area contributed by atoms with E-state index >= 15 is 0 Å². The standard InChI is InChI=1S/C16H23N3O3S/c1-11-9-18(3)10-15(11)17-23(21,22)14-4-5-16-13(8-14)6-7-19(16)12(2)20/h4-5,8,11,15,17H,6-7,9-10H2,1-3H3/t11-,15+/m0/s1. The fourth-order valence-corrected chi connectivity index (χ4v) is 4.89. The number of hydrogen-bond acceptors (Lipinski definition) is 4. The van der Waals surface area contributed by atoms with Gasteiger partial charge in [-0.1, -0.05) is 6.92 Å². The Kier molecular flexibility index (Phi) is 4.20. The van der Waals surface area contributed by atoms with Crippen LogP contribution in [0.25, 0.3) is 0 Å². The largest absolute Gasteiger partial charge is 0.312 e. The van der Waals surface area contributed by atoms with Crippen LogP contribution in [0.5, 0.6) is 0 Å². The van der Waals surface area contributed by atoms with E-state index < -0.39 is 10.0 Å². The predicted octanol–water partition coefficient (Wildman–Crippen LogP) is 0.824. The molecular weight excluding hydrogens is 314 g/mol. The molecule has 6 nitrogen and oxygen atoms in total. The lowest BCUT2D eigenvalue weighted by molar-refractivity contribution is -0.116. The minimum absolute atomic E-state index is 0.0136. The molecular formula is C16H23N3O3S. The molecule has 2 aliphatic heterocycles. The molecule has 0 radical (unpaired) electrons. The first-order valence-electron chi connectivity index (χ1n) is 7.90. The Morgan fingerprint density at radius 2 is 2.04 bits per heavy atom. The topological polar surface area (TPSA) is 69.7 Å². The van der Waals surface area contributed by atoms with Crippen LogP contribution in [-0.2, 0) is 21.2 Å². The third-order valence-electron chi connectivity index (χ3n) is 4.74. The molecule has 1 amide bonds. The molecule has 2 atom stereocenters. The van der Waals surface area contributed by atoms with Gasteiger partial charge < -0.3 is 9.80 Å². The lowest BCUT2D eigenvalue weighted by atomic mass is 10.1. The Labute approximate surface area is 137 Å². The summed E-state index contributed by atoms with van der Waals surface area (Å²) in [6, 6.07) is 4.96. The van der Waals surface area contributed by atoms with Gasteiger partial charge in [-0.3, -0.25) is 4.79 Å². The summed E-state index contributed by atoms with van der Waals surface area (Å²) in [5.74, 6) is 0.276. The van der Waals surface area contributed by atoms with E-state index in [0.29, 0.717) is 13.0 Å². The molecule has 3 rings (SSSR count). The molecule has 0 aromatic heterocycles. The highest BCUT2D eigenvalue weighted by atomic mass is 32.2. The molecule has 1 fully saturated rings. The number of likely N-dealkylation sites (N-methyl/N-ethyl adjacent to an activating group) is 1. The van der Waals surface area contributed by atoms with E-state index in [4.69, 9.17) is 0 Å². The van der Waals surface area contributed by atoms with Crippen molar-refractivity contribution in [3.05, 3.63) is 23.8 Å². The average Bonchev–Trinajstić information content (AvgIpc) is 3.01. The molecule has 0 unspecified atom stereocenters. The lowest BCUT2D eigenvalue weighted by Gasteiger charge is -2.18. The molecule has 0 saturated carbocycles. The lowest BCUT2D eigenvalue weighted by Crippen LogP contribution is -2.39. The maximum absolute atomic E-state index is 12.6. The molecule has 1 N–H and O–H groups in total. The molecule has 1 aromatic rings. The number of sulfonamides is 1. The summed E-state index contributed by atoms with van der Waals surface area (Å²) in [6.45, 7) is 5.82. The van der Waals surface area contributed by atoms with Crippen LogP contribution in [0.1, 0.15) is 19.4 Å². The van der Waals surface area contributed by atoms with E-state index in [2.05, 4.69) is 16.5 Å². The third-order valence-corrected chi connectivity index (χ3v) is 6.23. The van der Waals surface area contributed by atoms with Gasteiger partial charge in [-0.2, -0.15) is 0 Å². The normalized spacial score (nSPS) is 24.9. The number of amides is 1. The Balaban J connectivity index is 1.83. The molecule has 126 valence electrons. The van der Waals surface area contributed by atoms with Crippen LogP contribution in [-0.4, -0.2) is 51.9 Å². The van der Waals surface area contributed by atoms with Crippen LogP contribution in [0.15, 0.2) is 23.1 Å². The van der Waals surface area contributed by atoms with Crippen molar-refractivity contribution < 1.29 is 13.2 Å². The van der Waals surface area contributed by atoms with Crippen LogP contribution >= 0.6 is 0 Å². The van der Waals surface area contributed by atoms with Crippen molar-refractivity contribution in [2.75, 3.05) is 31.6 Å². The second-order valence-electron chi connectivity index (χ2n) is 6.64. The summed E-state index contributed by atoms with van der Waals surface area (Å²) < 4.78 is 28.1.